The number of benzene rings is 1. The summed E-state index contributed by atoms with van der Waals surface area (Å²) in [4.78, 5) is 22.5. The molecule has 1 N–H and O–H groups in total. The molecule has 0 radical (unpaired) electrons. The third kappa shape index (κ3) is 1.66. The molecular formula is C12H10N2O5. The molecule has 19 heavy (non-hydrogen) atoms. The number of hydrogen-bond donors (Lipinski definition) is 1. The minimum atomic E-state index is -0.754. The van der Waals surface area contributed by atoms with E-state index >= 15 is 0 Å². The quantitative estimate of drug-likeness (QED) is 0.622. The van der Waals surface area contributed by atoms with Gasteiger partial charge in [-0.25, -0.2) is 10.1 Å². The number of aromatic nitrogens is 1. The molecule has 1 aromatic carbocycles. The number of aliphatic hydroxyl groups is 1. The van der Waals surface area contributed by atoms with Gasteiger partial charge in [-0.05, 0) is 22.4 Å². The standard InChI is InChI=1S/C12H10N2O5/c15-6-8-5-7-1-3-10-9(12(7)19-8)2-4-11(16)13(10)14(17)18/h1-4,8,15H,5-6H2. The number of nitrogens with zero attached hydrogens (tertiary/aromatic N) is 2. The van der Waals surface area contributed by atoms with Crippen molar-refractivity contribution in [3.8, 4) is 5.75 Å². The van der Waals surface area contributed by atoms with Crippen molar-refractivity contribution in [1.82, 2.24) is 4.68 Å². The molecule has 0 spiro atoms. The van der Waals surface area contributed by atoms with Gasteiger partial charge in [-0.3, -0.25) is 4.79 Å². The topological polar surface area (TPSA) is 94.6 Å². The molecule has 0 saturated heterocycles. The lowest BCUT2D eigenvalue weighted by Gasteiger charge is -2.08. The zero-order valence-electron chi connectivity index (χ0n) is 9.78. The first-order chi connectivity index (χ1) is 9.11. The summed E-state index contributed by atoms with van der Waals surface area (Å²) in [6.07, 6.45) is 0.218. The summed E-state index contributed by atoms with van der Waals surface area (Å²) in [6.45, 7) is -0.120. The maximum absolute atomic E-state index is 11.5. The van der Waals surface area contributed by atoms with E-state index in [1.165, 1.54) is 12.1 Å². The molecule has 1 aromatic heterocycles. The van der Waals surface area contributed by atoms with Gasteiger partial charge in [0.15, 0.2) is 5.03 Å². The molecule has 0 aliphatic carbocycles. The molecule has 2 heterocycles. The summed E-state index contributed by atoms with van der Waals surface area (Å²) in [6, 6.07) is 5.87. The van der Waals surface area contributed by atoms with Gasteiger partial charge in [0, 0.05) is 17.9 Å². The minimum Gasteiger partial charge on any atom is -0.487 e. The van der Waals surface area contributed by atoms with Crippen LogP contribution in [-0.2, 0) is 6.42 Å². The van der Waals surface area contributed by atoms with Gasteiger partial charge in [0.1, 0.15) is 17.4 Å². The van der Waals surface area contributed by atoms with E-state index in [9.17, 15) is 14.9 Å². The smallest absolute Gasteiger partial charge is 0.312 e. The van der Waals surface area contributed by atoms with E-state index < -0.39 is 10.6 Å². The normalized spacial score (nSPS) is 17.2. The zero-order chi connectivity index (χ0) is 13.6. The average Bonchev–Trinajstić information content (AvgIpc) is 2.80. The highest BCUT2D eigenvalue weighted by Crippen LogP contribution is 2.35. The number of ether oxygens (including phenoxy) is 1. The van der Waals surface area contributed by atoms with Gasteiger partial charge in [-0.1, -0.05) is 6.07 Å². The predicted molar refractivity (Wildman–Crippen MR) is 65.8 cm³/mol. The van der Waals surface area contributed by atoms with E-state index in [0.717, 1.165) is 11.6 Å². The fourth-order valence-electron chi connectivity index (χ4n) is 2.35. The highest BCUT2D eigenvalue weighted by Gasteiger charge is 2.26. The van der Waals surface area contributed by atoms with Crippen LogP contribution in [0.4, 0.5) is 0 Å². The number of fused-ring (bicyclic) bond motifs is 3. The van der Waals surface area contributed by atoms with Crippen LogP contribution >= 0.6 is 0 Å². The Kier molecular flexibility index (Phi) is 2.49. The van der Waals surface area contributed by atoms with Crippen LogP contribution < -0.4 is 10.3 Å². The molecule has 3 rings (SSSR count). The average molecular weight is 262 g/mol. The Morgan fingerprint density at radius 3 is 2.89 bits per heavy atom. The van der Waals surface area contributed by atoms with E-state index in [-0.39, 0.29) is 18.2 Å². The molecule has 1 aliphatic heterocycles. The van der Waals surface area contributed by atoms with E-state index in [0.29, 0.717) is 22.2 Å². The van der Waals surface area contributed by atoms with Crippen molar-refractivity contribution in [3.05, 3.63) is 50.3 Å². The Hall–Kier alpha value is -2.41. The second-order valence-electron chi connectivity index (χ2n) is 4.33. The SMILES string of the molecule is O=c1ccc2c3c(ccc2n1[N+](=O)[O-])CC(CO)O3. The van der Waals surface area contributed by atoms with Crippen LogP contribution in [0.15, 0.2) is 29.1 Å². The van der Waals surface area contributed by atoms with Gasteiger partial charge in [0.05, 0.1) is 6.61 Å². The fraction of sp³-hybridized carbons (Fsp3) is 0.250. The predicted octanol–water partition coefficient (Wildman–Crippen LogP) is 0.337. The van der Waals surface area contributed by atoms with Crippen LogP contribution in [0.25, 0.3) is 10.9 Å². The van der Waals surface area contributed by atoms with Crippen molar-refractivity contribution in [1.29, 1.82) is 0 Å². The summed E-state index contributed by atoms with van der Waals surface area (Å²) >= 11 is 0. The van der Waals surface area contributed by atoms with Crippen molar-refractivity contribution in [2.45, 2.75) is 12.5 Å². The van der Waals surface area contributed by atoms with E-state index in [1.54, 1.807) is 6.07 Å². The Labute approximate surface area is 106 Å². The number of hydrogen-bond acceptors (Lipinski definition) is 5. The first-order valence-electron chi connectivity index (χ1n) is 5.71. The Balaban J connectivity index is 2.31. The van der Waals surface area contributed by atoms with Gasteiger partial charge >= 0.3 is 5.56 Å². The van der Waals surface area contributed by atoms with Crippen molar-refractivity contribution in [2.24, 2.45) is 0 Å². The summed E-state index contributed by atoms with van der Waals surface area (Å²) in [5, 5.41) is 19.8. The highest BCUT2D eigenvalue weighted by molar-refractivity contribution is 5.87. The monoisotopic (exact) mass is 262 g/mol. The van der Waals surface area contributed by atoms with Crippen LogP contribution in [0, 0.1) is 10.1 Å². The van der Waals surface area contributed by atoms with Gasteiger partial charge in [-0.15, -0.1) is 0 Å². The third-order valence-corrected chi connectivity index (χ3v) is 3.18. The largest absolute Gasteiger partial charge is 0.487 e. The van der Waals surface area contributed by atoms with Crippen LogP contribution in [0.3, 0.4) is 0 Å². The van der Waals surface area contributed by atoms with E-state index in [1.807, 2.05) is 0 Å². The van der Waals surface area contributed by atoms with Crippen molar-refractivity contribution >= 4 is 10.9 Å². The van der Waals surface area contributed by atoms with Crippen LogP contribution in [0.1, 0.15) is 5.56 Å². The molecule has 0 fully saturated rings. The van der Waals surface area contributed by atoms with E-state index in [2.05, 4.69) is 0 Å². The van der Waals surface area contributed by atoms with Gasteiger partial charge < -0.3 is 9.84 Å². The molecule has 98 valence electrons. The van der Waals surface area contributed by atoms with Crippen LogP contribution in [0.5, 0.6) is 5.75 Å². The maximum Gasteiger partial charge on any atom is 0.312 e. The molecule has 0 bridgehead atoms. The molecule has 1 unspecified atom stereocenters. The number of aliphatic hydroxyl groups excluding tert-OH is 1. The third-order valence-electron chi connectivity index (χ3n) is 3.18. The van der Waals surface area contributed by atoms with Crippen molar-refractivity contribution < 1.29 is 14.9 Å². The van der Waals surface area contributed by atoms with Gasteiger partial charge in [0.25, 0.3) is 0 Å². The lowest BCUT2D eigenvalue weighted by molar-refractivity contribution is -0.540. The van der Waals surface area contributed by atoms with Gasteiger partial charge in [-0.2, -0.15) is 0 Å². The molecule has 7 nitrogen and oxygen atoms in total. The highest BCUT2D eigenvalue weighted by atomic mass is 16.7. The fourth-order valence-corrected chi connectivity index (χ4v) is 2.35. The molecular weight excluding hydrogens is 252 g/mol. The first-order valence-corrected chi connectivity index (χ1v) is 5.71. The van der Waals surface area contributed by atoms with Crippen molar-refractivity contribution in [3.63, 3.8) is 0 Å². The van der Waals surface area contributed by atoms with Crippen molar-refractivity contribution in [2.75, 3.05) is 6.61 Å². The summed E-state index contributed by atoms with van der Waals surface area (Å²) in [5.41, 5.74) is 0.365. The summed E-state index contributed by atoms with van der Waals surface area (Å²) < 4.78 is 6.05. The maximum atomic E-state index is 11.5. The Morgan fingerprint density at radius 2 is 2.21 bits per heavy atom. The molecule has 7 heteroatoms. The second kappa shape index (κ2) is 4.06. The van der Waals surface area contributed by atoms with E-state index in [4.69, 9.17) is 9.84 Å². The Bertz CT molecular complexity index is 737. The number of nitro groups is 1. The Morgan fingerprint density at radius 1 is 1.42 bits per heavy atom. The molecule has 1 aliphatic rings. The van der Waals surface area contributed by atoms with Crippen LogP contribution in [-0.4, -0.2) is 27.5 Å². The number of pyridine rings is 1. The second-order valence-corrected chi connectivity index (χ2v) is 4.33. The van der Waals surface area contributed by atoms with Crippen LogP contribution in [0.2, 0.25) is 0 Å². The zero-order valence-corrected chi connectivity index (χ0v) is 9.78. The lowest BCUT2D eigenvalue weighted by Crippen LogP contribution is -2.25. The summed E-state index contributed by atoms with van der Waals surface area (Å²) in [5.74, 6) is 0.507. The first kappa shape index (κ1) is 11.7. The lowest BCUT2D eigenvalue weighted by atomic mass is 10.1. The molecule has 2 aromatic rings. The summed E-state index contributed by atoms with van der Waals surface area (Å²) in [7, 11) is 0. The molecule has 0 saturated carbocycles. The minimum absolute atomic E-state index is 0.120. The molecule has 0 amide bonds. The molecule has 1 atom stereocenters. The van der Waals surface area contributed by atoms with Gasteiger partial charge in [0.2, 0.25) is 0 Å². The number of rotatable bonds is 2.